The minimum Gasteiger partial charge on any atom is -0.353 e. The van der Waals surface area contributed by atoms with Crippen molar-refractivity contribution >= 4 is 11.8 Å². The number of nitrogens with one attached hydrogen (secondary N) is 1. The van der Waals surface area contributed by atoms with Crippen LogP contribution in [0.3, 0.4) is 0 Å². The van der Waals surface area contributed by atoms with Crippen LogP contribution in [0.2, 0.25) is 0 Å². The average molecular weight is 342 g/mol. The Labute approximate surface area is 139 Å². The number of rotatable bonds is 4. The number of hydrogen-bond acceptors (Lipinski definition) is 2. The summed E-state index contributed by atoms with van der Waals surface area (Å²) in [5, 5.41) is 2.90. The molecule has 1 N–H and O–H groups in total. The maximum atomic E-state index is 13.0. The molecule has 0 spiro atoms. The normalized spacial score (nSPS) is 16.1. The quantitative estimate of drug-likeness (QED) is 0.913. The first-order valence-corrected chi connectivity index (χ1v) is 8.07. The monoisotopic (exact) mass is 342 g/mol. The Bertz CT molecular complexity index is 594. The van der Waals surface area contributed by atoms with E-state index < -0.39 is 17.6 Å². The molecule has 4 nitrogen and oxygen atoms in total. The smallest absolute Gasteiger partial charge is 0.353 e. The predicted molar refractivity (Wildman–Crippen MR) is 83.4 cm³/mol. The van der Waals surface area contributed by atoms with Crippen molar-refractivity contribution in [2.45, 2.75) is 44.8 Å². The fourth-order valence-electron chi connectivity index (χ4n) is 2.84. The van der Waals surface area contributed by atoms with Crippen molar-refractivity contribution in [2.24, 2.45) is 0 Å². The fourth-order valence-corrected chi connectivity index (χ4v) is 2.84. The van der Waals surface area contributed by atoms with Crippen molar-refractivity contribution in [3.63, 3.8) is 0 Å². The molecular formula is C17H21F3N2O2. The minimum atomic E-state index is -4.56. The molecule has 1 heterocycles. The molecular weight excluding hydrogens is 321 g/mol. The molecule has 1 aromatic carbocycles. The summed E-state index contributed by atoms with van der Waals surface area (Å²) < 4.78 is 39.1. The van der Waals surface area contributed by atoms with Crippen molar-refractivity contribution in [3.8, 4) is 0 Å². The Balaban J connectivity index is 2.00. The third kappa shape index (κ3) is 4.49. The maximum absolute atomic E-state index is 13.0. The molecule has 7 heteroatoms. The van der Waals surface area contributed by atoms with Crippen molar-refractivity contribution in [1.29, 1.82) is 0 Å². The molecule has 1 fully saturated rings. The van der Waals surface area contributed by atoms with Crippen LogP contribution in [0, 0.1) is 0 Å². The summed E-state index contributed by atoms with van der Waals surface area (Å²) in [6.07, 6.45) is -2.24. The van der Waals surface area contributed by atoms with Gasteiger partial charge in [0.25, 0.3) is 5.91 Å². The summed E-state index contributed by atoms with van der Waals surface area (Å²) >= 11 is 0. The fraction of sp³-hybridized carbons (Fsp3) is 0.529. The summed E-state index contributed by atoms with van der Waals surface area (Å²) in [7, 11) is 0. The number of piperidine rings is 1. The van der Waals surface area contributed by atoms with E-state index in [1.54, 1.807) is 0 Å². The number of benzene rings is 1. The van der Waals surface area contributed by atoms with E-state index >= 15 is 0 Å². The summed E-state index contributed by atoms with van der Waals surface area (Å²) in [5.41, 5.74) is -1.23. The van der Waals surface area contributed by atoms with Gasteiger partial charge in [-0.1, -0.05) is 19.1 Å². The lowest BCUT2D eigenvalue weighted by Crippen LogP contribution is -2.46. The third-order valence-electron chi connectivity index (χ3n) is 4.09. The molecule has 1 aromatic rings. The molecule has 0 saturated carbocycles. The van der Waals surface area contributed by atoms with E-state index in [2.05, 4.69) is 5.32 Å². The minimum absolute atomic E-state index is 0.0223. The van der Waals surface area contributed by atoms with Crippen molar-refractivity contribution in [1.82, 2.24) is 10.2 Å². The lowest BCUT2D eigenvalue weighted by Gasteiger charge is -2.33. The van der Waals surface area contributed by atoms with E-state index in [-0.39, 0.29) is 17.5 Å². The molecule has 0 radical (unpaired) electrons. The largest absolute Gasteiger partial charge is 0.417 e. The molecule has 0 unspecified atom stereocenters. The second kappa shape index (κ2) is 7.68. The Hall–Kier alpha value is -2.05. The van der Waals surface area contributed by atoms with Crippen LogP contribution in [0.15, 0.2) is 24.3 Å². The van der Waals surface area contributed by atoms with Gasteiger partial charge in [-0.15, -0.1) is 0 Å². The predicted octanol–water partition coefficient (Wildman–Crippen LogP) is 3.23. The zero-order valence-corrected chi connectivity index (χ0v) is 13.5. The zero-order valence-electron chi connectivity index (χ0n) is 13.5. The van der Waals surface area contributed by atoms with Gasteiger partial charge in [0, 0.05) is 25.6 Å². The third-order valence-corrected chi connectivity index (χ3v) is 4.09. The van der Waals surface area contributed by atoms with Crippen LogP contribution in [0.1, 0.15) is 48.5 Å². The second-order valence-corrected chi connectivity index (χ2v) is 5.93. The molecule has 1 aliphatic rings. The first-order valence-electron chi connectivity index (χ1n) is 8.07. The standard InChI is InChI=1S/C17H21F3N2O2/c1-2-5-15(23)21-12-8-10-22(11-9-12)16(24)13-6-3-4-7-14(13)17(18,19)20/h3-4,6-7,12H,2,5,8-11H2,1H3,(H,21,23). The van der Waals surface area contributed by atoms with E-state index in [0.29, 0.717) is 32.4 Å². The van der Waals surface area contributed by atoms with Crippen LogP contribution < -0.4 is 5.32 Å². The van der Waals surface area contributed by atoms with Gasteiger partial charge in [0.05, 0.1) is 11.1 Å². The van der Waals surface area contributed by atoms with E-state index in [0.717, 1.165) is 12.5 Å². The lowest BCUT2D eigenvalue weighted by molar-refractivity contribution is -0.138. The number of halogens is 3. The van der Waals surface area contributed by atoms with Gasteiger partial charge in [-0.2, -0.15) is 13.2 Å². The SMILES string of the molecule is CCCC(=O)NC1CCN(C(=O)c2ccccc2C(F)(F)F)CC1. The van der Waals surface area contributed by atoms with E-state index in [1.165, 1.54) is 23.1 Å². The van der Waals surface area contributed by atoms with Gasteiger partial charge >= 0.3 is 6.18 Å². The number of nitrogens with zero attached hydrogens (tertiary/aromatic N) is 1. The Morgan fingerprint density at radius 1 is 1.21 bits per heavy atom. The molecule has 1 aliphatic heterocycles. The highest BCUT2D eigenvalue weighted by atomic mass is 19.4. The van der Waals surface area contributed by atoms with Gasteiger partial charge in [0.2, 0.25) is 5.91 Å². The first-order chi connectivity index (χ1) is 11.3. The molecule has 0 bridgehead atoms. The molecule has 2 rings (SSSR count). The van der Waals surface area contributed by atoms with Crippen LogP contribution >= 0.6 is 0 Å². The average Bonchev–Trinajstić information content (AvgIpc) is 2.54. The number of carbonyl (C=O) groups is 2. The zero-order chi connectivity index (χ0) is 17.7. The molecule has 2 amide bonds. The number of likely N-dealkylation sites (tertiary alicyclic amines) is 1. The number of carbonyl (C=O) groups excluding carboxylic acids is 2. The van der Waals surface area contributed by atoms with Crippen LogP contribution in [-0.4, -0.2) is 35.8 Å². The van der Waals surface area contributed by atoms with Crippen LogP contribution in [-0.2, 0) is 11.0 Å². The van der Waals surface area contributed by atoms with Gasteiger partial charge in [0.1, 0.15) is 0 Å². The summed E-state index contributed by atoms with van der Waals surface area (Å²) in [6.45, 7) is 2.59. The van der Waals surface area contributed by atoms with Gasteiger partial charge < -0.3 is 10.2 Å². The summed E-state index contributed by atoms with van der Waals surface area (Å²) in [6, 6.07) is 4.81. The number of hydrogen-bond donors (Lipinski definition) is 1. The highest BCUT2D eigenvalue weighted by Crippen LogP contribution is 2.32. The Morgan fingerprint density at radius 2 is 1.83 bits per heavy atom. The van der Waals surface area contributed by atoms with Gasteiger partial charge in [-0.25, -0.2) is 0 Å². The molecule has 0 aliphatic carbocycles. The topological polar surface area (TPSA) is 49.4 Å². The van der Waals surface area contributed by atoms with Gasteiger partial charge in [0.15, 0.2) is 0 Å². The van der Waals surface area contributed by atoms with Crippen LogP contribution in [0.25, 0.3) is 0 Å². The Morgan fingerprint density at radius 3 is 2.42 bits per heavy atom. The highest BCUT2D eigenvalue weighted by molar-refractivity contribution is 5.96. The molecule has 0 aromatic heterocycles. The number of amides is 2. The molecule has 132 valence electrons. The van der Waals surface area contributed by atoms with Gasteiger partial charge in [-0.3, -0.25) is 9.59 Å². The molecule has 0 atom stereocenters. The maximum Gasteiger partial charge on any atom is 0.417 e. The van der Waals surface area contributed by atoms with Crippen molar-refractivity contribution in [3.05, 3.63) is 35.4 Å². The van der Waals surface area contributed by atoms with Crippen LogP contribution in [0.5, 0.6) is 0 Å². The van der Waals surface area contributed by atoms with E-state index in [1.807, 2.05) is 6.92 Å². The first kappa shape index (κ1) is 18.3. The van der Waals surface area contributed by atoms with Crippen molar-refractivity contribution < 1.29 is 22.8 Å². The highest BCUT2D eigenvalue weighted by Gasteiger charge is 2.36. The van der Waals surface area contributed by atoms with E-state index in [9.17, 15) is 22.8 Å². The Kier molecular flexibility index (Phi) is 5.85. The number of alkyl halides is 3. The summed E-state index contributed by atoms with van der Waals surface area (Å²) in [4.78, 5) is 25.4. The van der Waals surface area contributed by atoms with Crippen LogP contribution in [0.4, 0.5) is 13.2 Å². The lowest BCUT2D eigenvalue weighted by atomic mass is 10.0. The van der Waals surface area contributed by atoms with Gasteiger partial charge in [-0.05, 0) is 31.4 Å². The second-order valence-electron chi connectivity index (χ2n) is 5.93. The molecule has 24 heavy (non-hydrogen) atoms. The van der Waals surface area contributed by atoms with Crippen molar-refractivity contribution in [2.75, 3.05) is 13.1 Å². The molecule has 1 saturated heterocycles. The summed E-state index contributed by atoms with van der Waals surface area (Å²) in [5.74, 6) is -0.633. The van der Waals surface area contributed by atoms with E-state index in [4.69, 9.17) is 0 Å².